The molecule has 1 fully saturated rings. The average Bonchev–Trinajstić information content (AvgIpc) is 2.90. The summed E-state index contributed by atoms with van der Waals surface area (Å²) in [6.45, 7) is 4.10. The summed E-state index contributed by atoms with van der Waals surface area (Å²) in [5, 5.41) is 7.55. The van der Waals surface area contributed by atoms with E-state index in [1.165, 1.54) is 11.1 Å². The van der Waals surface area contributed by atoms with Crippen LogP contribution in [0, 0.1) is 6.92 Å². The van der Waals surface area contributed by atoms with E-state index in [0.29, 0.717) is 6.04 Å². The molecule has 1 aromatic carbocycles. The number of benzene rings is 1. The van der Waals surface area contributed by atoms with Gasteiger partial charge in [0, 0.05) is 25.2 Å². The third-order valence-electron chi connectivity index (χ3n) is 3.79. The first-order chi connectivity index (χ1) is 9.22. The topological polar surface area (TPSA) is 57.9 Å². The van der Waals surface area contributed by atoms with Gasteiger partial charge in [-0.15, -0.1) is 0 Å². The molecule has 19 heavy (non-hydrogen) atoms. The van der Waals surface area contributed by atoms with E-state index >= 15 is 0 Å². The van der Waals surface area contributed by atoms with Crippen molar-refractivity contribution < 1.29 is 0 Å². The van der Waals surface area contributed by atoms with Crippen LogP contribution in [0.2, 0.25) is 0 Å². The minimum Gasteiger partial charge on any atom is -0.355 e. The highest BCUT2D eigenvalue weighted by Gasteiger charge is 2.18. The number of rotatable bonds is 2. The minimum absolute atomic E-state index is 0.353. The molecule has 0 spiro atoms. The summed E-state index contributed by atoms with van der Waals surface area (Å²) >= 11 is 0. The number of nitrogens with two attached hydrogens (primary N) is 1. The third kappa shape index (κ3) is 2.63. The first-order valence-electron chi connectivity index (χ1n) is 6.85. The van der Waals surface area contributed by atoms with E-state index in [1.54, 1.807) is 0 Å². The van der Waals surface area contributed by atoms with E-state index in [2.05, 4.69) is 52.4 Å². The fraction of sp³-hybridized carbons (Fsp3) is 0.400. The molecule has 1 aliphatic rings. The number of aromatic amines is 1. The fourth-order valence-electron chi connectivity index (χ4n) is 2.48. The highest BCUT2D eigenvalue weighted by atomic mass is 15.3. The van der Waals surface area contributed by atoms with Gasteiger partial charge < -0.3 is 10.6 Å². The number of hydrogen-bond acceptors (Lipinski definition) is 3. The van der Waals surface area contributed by atoms with Gasteiger partial charge in [0.1, 0.15) is 0 Å². The molecule has 3 N–H and O–H groups in total. The molecule has 2 aromatic rings. The van der Waals surface area contributed by atoms with Gasteiger partial charge >= 0.3 is 0 Å². The van der Waals surface area contributed by atoms with Gasteiger partial charge in [0.2, 0.25) is 0 Å². The van der Waals surface area contributed by atoms with Crippen LogP contribution in [0.5, 0.6) is 0 Å². The smallest absolute Gasteiger partial charge is 0.150 e. The van der Waals surface area contributed by atoms with E-state index in [-0.39, 0.29) is 0 Å². The Balaban J connectivity index is 1.77. The van der Waals surface area contributed by atoms with E-state index in [0.717, 1.165) is 37.4 Å². The number of nitrogens with zero attached hydrogens (tertiary/aromatic N) is 2. The summed E-state index contributed by atoms with van der Waals surface area (Å²) in [6, 6.07) is 11.0. The zero-order valence-corrected chi connectivity index (χ0v) is 11.3. The molecule has 0 aliphatic carbocycles. The van der Waals surface area contributed by atoms with Crippen molar-refractivity contribution in [3.63, 3.8) is 0 Å². The van der Waals surface area contributed by atoms with Crippen molar-refractivity contribution in [1.29, 1.82) is 0 Å². The van der Waals surface area contributed by atoms with E-state index in [4.69, 9.17) is 5.73 Å². The van der Waals surface area contributed by atoms with Crippen LogP contribution in [-0.4, -0.2) is 29.3 Å². The standard InChI is InChI=1S/C15H20N4/c1-11-2-4-12(5-3-11)14-10-15(18-17-14)19-8-6-13(16)7-9-19/h2-5,10,13H,6-9,16H2,1H3,(H,17,18). The van der Waals surface area contributed by atoms with E-state index in [9.17, 15) is 0 Å². The van der Waals surface area contributed by atoms with Crippen LogP contribution in [-0.2, 0) is 0 Å². The molecule has 2 heterocycles. The highest BCUT2D eigenvalue weighted by molar-refractivity contribution is 5.63. The second kappa shape index (κ2) is 5.05. The van der Waals surface area contributed by atoms with Crippen LogP contribution in [0.4, 0.5) is 5.82 Å². The predicted molar refractivity (Wildman–Crippen MR) is 78.2 cm³/mol. The lowest BCUT2D eigenvalue weighted by molar-refractivity contribution is 0.498. The molecular formula is C15H20N4. The highest BCUT2D eigenvalue weighted by Crippen LogP contribution is 2.24. The Morgan fingerprint density at radius 2 is 1.89 bits per heavy atom. The van der Waals surface area contributed by atoms with Gasteiger partial charge in [-0.2, -0.15) is 5.10 Å². The SMILES string of the molecule is Cc1ccc(-c2cc(N3CCC(N)CC3)n[nH]2)cc1. The lowest BCUT2D eigenvalue weighted by atomic mass is 10.1. The molecule has 1 saturated heterocycles. The quantitative estimate of drug-likeness (QED) is 0.867. The lowest BCUT2D eigenvalue weighted by Gasteiger charge is -2.29. The number of H-pyrrole nitrogens is 1. The Morgan fingerprint density at radius 3 is 2.58 bits per heavy atom. The van der Waals surface area contributed by atoms with Gasteiger partial charge in [-0.1, -0.05) is 29.8 Å². The van der Waals surface area contributed by atoms with Crippen molar-refractivity contribution in [2.75, 3.05) is 18.0 Å². The number of aromatic nitrogens is 2. The van der Waals surface area contributed by atoms with E-state index < -0.39 is 0 Å². The molecule has 0 amide bonds. The molecule has 100 valence electrons. The van der Waals surface area contributed by atoms with E-state index in [1.807, 2.05) is 0 Å². The van der Waals surface area contributed by atoms with Crippen LogP contribution >= 0.6 is 0 Å². The molecule has 4 heteroatoms. The number of piperidine rings is 1. The largest absolute Gasteiger partial charge is 0.355 e. The first-order valence-corrected chi connectivity index (χ1v) is 6.85. The minimum atomic E-state index is 0.353. The predicted octanol–water partition coefficient (Wildman–Crippen LogP) is 2.31. The Kier molecular flexibility index (Phi) is 3.25. The van der Waals surface area contributed by atoms with Gasteiger partial charge in [-0.25, -0.2) is 0 Å². The van der Waals surface area contributed by atoms with Gasteiger partial charge in [0.15, 0.2) is 5.82 Å². The molecular weight excluding hydrogens is 236 g/mol. The molecule has 1 aromatic heterocycles. The van der Waals surface area contributed by atoms with Crippen LogP contribution in [0.25, 0.3) is 11.3 Å². The normalized spacial score (nSPS) is 16.8. The van der Waals surface area contributed by atoms with Gasteiger partial charge in [-0.3, -0.25) is 5.10 Å². The number of hydrogen-bond donors (Lipinski definition) is 2. The molecule has 3 rings (SSSR count). The summed E-state index contributed by atoms with van der Waals surface area (Å²) in [5.74, 6) is 1.03. The molecule has 0 saturated carbocycles. The van der Waals surface area contributed by atoms with Gasteiger partial charge in [0.05, 0.1) is 5.69 Å². The summed E-state index contributed by atoms with van der Waals surface area (Å²) in [4.78, 5) is 2.30. The number of aryl methyl sites for hydroxylation is 1. The molecule has 4 nitrogen and oxygen atoms in total. The Hall–Kier alpha value is -1.81. The fourth-order valence-corrected chi connectivity index (χ4v) is 2.48. The van der Waals surface area contributed by atoms with Crippen LogP contribution in [0.15, 0.2) is 30.3 Å². The molecule has 0 atom stereocenters. The van der Waals surface area contributed by atoms with Crippen molar-refractivity contribution in [1.82, 2.24) is 10.2 Å². The molecule has 0 unspecified atom stereocenters. The zero-order valence-electron chi connectivity index (χ0n) is 11.3. The van der Waals surface area contributed by atoms with Gasteiger partial charge in [0.25, 0.3) is 0 Å². The maximum absolute atomic E-state index is 5.93. The summed E-state index contributed by atoms with van der Waals surface area (Å²) in [5.41, 5.74) is 9.46. The van der Waals surface area contributed by atoms with Crippen LogP contribution in [0.1, 0.15) is 18.4 Å². The monoisotopic (exact) mass is 256 g/mol. The average molecular weight is 256 g/mol. The zero-order chi connectivity index (χ0) is 13.2. The van der Waals surface area contributed by atoms with Crippen molar-refractivity contribution >= 4 is 5.82 Å². The summed E-state index contributed by atoms with van der Waals surface area (Å²) in [7, 11) is 0. The molecule has 0 bridgehead atoms. The van der Waals surface area contributed by atoms with Crippen molar-refractivity contribution in [2.24, 2.45) is 5.73 Å². The maximum Gasteiger partial charge on any atom is 0.150 e. The second-order valence-corrected chi connectivity index (χ2v) is 5.33. The first kappa shape index (κ1) is 12.2. The number of nitrogens with one attached hydrogen (secondary N) is 1. The van der Waals surface area contributed by atoms with Gasteiger partial charge in [-0.05, 0) is 25.3 Å². The second-order valence-electron chi connectivity index (χ2n) is 5.33. The Labute approximate surface area is 113 Å². The number of anilines is 1. The maximum atomic E-state index is 5.93. The van der Waals surface area contributed by atoms with Crippen molar-refractivity contribution in [3.8, 4) is 11.3 Å². The van der Waals surface area contributed by atoms with Crippen molar-refractivity contribution in [2.45, 2.75) is 25.8 Å². The Morgan fingerprint density at radius 1 is 1.21 bits per heavy atom. The van der Waals surface area contributed by atoms with Crippen LogP contribution in [0.3, 0.4) is 0 Å². The Bertz CT molecular complexity index is 536. The van der Waals surface area contributed by atoms with Crippen molar-refractivity contribution in [3.05, 3.63) is 35.9 Å². The molecule has 1 aliphatic heterocycles. The summed E-state index contributed by atoms with van der Waals surface area (Å²) < 4.78 is 0. The third-order valence-corrected chi connectivity index (χ3v) is 3.79. The lowest BCUT2D eigenvalue weighted by Crippen LogP contribution is -2.39. The molecule has 0 radical (unpaired) electrons. The summed E-state index contributed by atoms with van der Waals surface area (Å²) in [6.07, 6.45) is 2.10. The van der Waals surface area contributed by atoms with Crippen LogP contribution < -0.4 is 10.6 Å².